The van der Waals surface area contributed by atoms with Crippen LogP contribution in [0.15, 0.2) is 59.1 Å². The molecule has 0 aliphatic heterocycles. The zero-order valence-corrected chi connectivity index (χ0v) is 19.2. The summed E-state index contributed by atoms with van der Waals surface area (Å²) in [6.07, 6.45) is 0. The van der Waals surface area contributed by atoms with Crippen molar-refractivity contribution in [3.63, 3.8) is 0 Å². The Morgan fingerprint density at radius 1 is 1.00 bits per heavy atom. The van der Waals surface area contributed by atoms with E-state index in [4.69, 9.17) is 11.6 Å². The van der Waals surface area contributed by atoms with Crippen LogP contribution in [0.5, 0.6) is 0 Å². The zero-order chi connectivity index (χ0) is 22.5. The van der Waals surface area contributed by atoms with E-state index in [9.17, 15) is 14.0 Å². The molecule has 2 amide bonds. The maximum Gasteiger partial charge on any atom is 0.319 e. The summed E-state index contributed by atoms with van der Waals surface area (Å²) >= 11 is 9.79. The largest absolute Gasteiger partial charge is 0.354 e. The van der Waals surface area contributed by atoms with Gasteiger partial charge >= 0.3 is 6.03 Å². The number of benzene rings is 3. The number of carbonyl (C=O) groups is 2. The number of anilines is 3. The molecular weight excluding hydrogens is 485 g/mol. The first-order valence-corrected chi connectivity index (χ1v) is 10.7. The van der Waals surface area contributed by atoms with Gasteiger partial charge in [-0.3, -0.25) is 4.79 Å². The molecule has 5 nitrogen and oxygen atoms in total. The molecule has 3 N–H and O–H groups in total. The number of nitrogens with one attached hydrogen (secondary N) is 3. The third-order valence-corrected chi connectivity index (χ3v) is 5.30. The van der Waals surface area contributed by atoms with E-state index in [2.05, 4.69) is 31.9 Å². The average Bonchev–Trinajstić information content (AvgIpc) is 2.70. The highest BCUT2D eigenvalue weighted by atomic mass is 79.9. The van der Waals surface area contributed by atoms with Gasteiger partial charge in [-0.2, -0.15) is 0 Å². The van der Waals surface area contributed by atoms with Gasteiger partial charge in [0.2, 0.25) is 0 Å². The quantitative estimate of drug-likeness (QED) is 0.329. The summed E-state index contributed by atoms with van der Waals surface area (Å²) < 4.78 is 14.2. The predicted octanol–water partition coefficient (Wildman–Crippen LogP) is 6.67. The molecule has 31 heavy (non-hydrogen) atoms. The smallest absolute Gasteiger partial charge is 0.319 e. The van der Waals surface area contributed by atoms with E-state index in [1.807, 2.05) is 13.0 Å². The number of hydrogen-bond donors (Lipinski definition) is 3. The van der Waals surface area contributed by atoms with Crippen molar-refractivity contribution in [1.29, 1.82) is 0 Å². The first-order chi connectivity index (χ1) is 14.8. The zero-order valence-electron chi connectivity index (χ0n) is 16.9. The van der Waals surface area contributed by atoms with E-state index in [0.717, 1.165) is 4.47 Å². The van der Waals surface area contributed by atoms with E-state index < -0.39 is 5.82 Å². The summed E-state index contributed by atoms with van der Waals surface area (Å²) in [5.41, 5.74) is 3.11. The molecule has 0 saturated heterocycles. The van der Waals surface area contributed by atoms with Crippen LogP contribution in [-0.4, -0.2) is 18.4 Å². The van der Waals surface area contributed by atoms with Crippen LogP contribution in [0.1, 0.15) is 28.4 Å². The normalized spacial score (nSPS) is 10.5. The number of rotatable bonds is 6. The fourth-order valence-corrected chi connectivity index (χ4v) is 3.64. The fraction of sp³-hybridized carbons (Fsp3) is 0.130. The Hall–Kier alpha value is -2.90. The summed E-state index contributed by atoms with van der Waals surface area (Å²) in [5, 5.41) is 8.93. The summed E-state index contributed by atoms with van der Waals surface area (Å²) in [4.78, 5) is 24.8. The van der Waals surface area contributed by atoms with Crippen molar-refractivity contribution in [2.75, 3.05) is 17.2 Å². The molecule has 0 unspecified atom stereocenters. The van der Waals surface area contributed by atoms with Gasteiger partial charge in [-0.05, 0) is 74.0 Å². The minimum atomic E-state index is -0.397. The SMILES string of the molecule is CCNC(=O)Nc1cc(Br)ccc1Nc1ccc(C(=O)c2ccc(F)cc2C)c(Cl)c1. The highest BCUT2D eigenvalue weighted by molar-refractivity contribution is 9.10. The molecule has 0 heterocycles. The van der Waals surface area contributed by atoms with Gasteiger partial charge in [-0.25, -0.2) is 9.18 Å². The first-order valence-electron chi connectivity index (χ1n) is 9.50. The molecule has 160 valence electrons. The van der Waals surface area contributed by atoms with Crippen molar-refractivity contribution in [2.45, 2.75) is 13.8 Å². The lowest BCUT2D eigenvalue weighted by Gasteiger charge is -2.15. The van der Waals surface area contributed by atoms with Crippen LogP contribution in [0.2, 0.25) is 5.02 Å². The van der Waals surface area contributed by atoms with Gasteiger partial charge in [0.25, 0.3) is 0 Å². The van der Waals surface area contributed by atoms with Gasteiger partial charge in [0.05, 0.1) is 16.4 Å². The highest BCUT2D eigenvalue weighted by Crippen LogP contribution is 2.31. The standard InChI is InChI=1S/C23H20BrClFN3O2/c1-3-27-23(31)29-21-11-14(24)4-9-20(21)28-16-6-8-18(19(25)12-16)22(30)17-7-5-15(26)10-13(17)2/h4-12,28H,3H2,1-2H3,(H2,27,29,31). The summed E-state index contributed by atoms with van der Waals surface area (Å²) in [7, 11) is 0. The molecule has 8 heteroatoms. The number of hydrogen-bond acceptors (Lipinski definition) is 3. The van der Waals surface area contributed by atoms with Gasteiger partial charge in [-0.1, -0.05) is 27.5 Å². The molecule has 0 atom stereocenters. The number of ketones is 1. The number of amides is 2. The van der Waals surface area contributed by atoms with E-state index >= 15 is 0 Å². The molecular formula is C23H20BrClFN3O2. The fourth-order valence-electron chi connectivity index (χ4n) is 3.02. The second-order valence-electron chi connectivity index (χ2n) is 6.78. The van der Waals surface area contributed by atoms with Crippen LogP contribution < -0.4 is 16.0 Å². The molecule has 0 saturated carbocycles. The van der Waals surface area contributed by atoms with Crippen LogP contribution in [0.3, 0.4) is 0 Å². The van der Waals surface area contributed by atoms with E-state index in [-0.39, 0.29) is 16.8 Å². The van der Waals surface area contributed by atoms with Crippen molar-refractivity contribution < 1.29 is 14.0 Å². The van der Waals surface area contributed by atoms with E-state index in [0.29, 0.717) is 40.3 Å². The summed E-state index contributed by atoms with van der Waals surface area (Å²) in [6, 6.07) is 14.1. The molecule has 0 aliphatic carbocycles. The predicted molar refractivity (Wildman–Crippen MR) is 126 cm³/mol. The van der Waals surface area contributed by atoms with Gasteiger partial charge in [0.1, 0.15) is 5.82 Å². The van der Waals surface area contributed by atoms with Gasteiger partial charge in [0, 0.05) is 27.8 Å². The third-order valence-electron chi connectivity index (χ3n) is 4.49. The Morgan fingerprint density at radius 3 is 2.42 bits per heavy atom. The third kappa shape index (κ3) is 5.62. The van der Waals surface area contributed by atoms with Crippen LogP contribution in [-0.2, 0) is 0 Å². The summed E-state index contributed by atoms with van der Waals surface area (Å²) in [5.74, 6) is -0.678. The molecule has 0 spiro atoms. The summed E-state index contributed by atoms with van der Waals surface area (Å²) in [6.45, 7) is 4.01. The molecule has 0 aliphatic rings. The second kappa shape index (κ2) is 9.94. The lowest BCUT2D eigenvalue weighted by molar-refractivity contribution is 0.103. The van der Waals surface area contributed by atoms with Crippen molar-refractivity contribution in [3.8, 4) is 0 Å². The first kappa shape index (κ1) is 22.8. The van der Waals surface area contributed by atoms with Gasteiger partial charge in [-0.15, -0.1) is 0 Å². The van der Waals surface area contributed by atoms with Crippen molar-refractivity contribution in [1.82, 2.24) is 5.32 Å². The van der Waals surface area contributed by atoms with Crippen molar-refractivity contribution >= 4 is 56.4 Å². The molecule has 0 bridgehead atoms. The Morgan fingerprint density at radius 2 is 1.74 bits per heavy atom. The minimum absolute atomic E-state index is 0.258. The number of carbonyl (C=O) groups excluding carboxylic acids is 2. The average molecular weight is 505 g/mol. The Bertz CT molecular complexity index is 1150. The topological polar surface area (TPSA) is 70.2 Å². The molecule has 0 fully saturated rings. The molecule has 3 rings (SSSR count). The number of halogens is 3. The maximum absolute atomic E-state index is 13.4. The van der Waals surface area contributed by atoms with Crippen LogP contribution in [0.4, 0.5) is 26.2 Å². The van der Waals surface area contributed by atoms with Crippen LogP contribution in [0.25, 0.3) is 0 Å². The van der Waals surface area contributed by atoms with E-state index in [1.165, 1.54) is 18.2 Å². The van der Waals surface area contributed by atoms with Crippen molar-refractivity contribution in [2.24, 2.45) is 0 Å². The highest BCUT2D eigenvalue weighted by Gasteiger charge is 2.16. The monoisotopic (exact) mass is 503 g/mol. The Balaban J connectivity index is 1.85. The second-order valence-corrected chi connectivity index (χ2v) is 8.11. The minimum Gasteiger partial charge on any atom is -0.354 e. The van der Waals surface area contributed by atoms with E-state index in [1.54, 1.807) is 37.3 Å². The Labute approximate surface area is 193 Å². The van der Waals surface area contributed by atoms with Gasteiger partial charge in [0.15, 0.2) is 5.78 Å². The number of aryl methyl sites for hydroxylation is 1. The van der Waals surface area contributed by atoms with Crippen LogP contribution in [0, 0.1) is 12.7 Å². The lowest BCUT2D eigenvalue weighted by Crippen LogP contribution is -2.28. The molecule has 0 aromatic heterocycles. The van der Waals surface area contributed by atoms with Crippen molar-refractivity contribution in [3.05, 3.63) is 86.6 Å². The molecule has 3 aromatic carbocycles. The Kier molecular flexibility index (Phi) is 7.30. The lowest BCUT2D eigenvalue weighted by atomic mass is 9.99. The van der Waals surface area contributed by atoms with Crippen LogP contribution >= 0.6 is 27.5 Å². The van der Waals surface area contributed by atoms with Gasteiger partial charge < -0.3 is 16.0 Å². The maximum atomic E-state index is 13.4. The number of urea groups is 1. The molecule has 3 aromatic rings. The molecule has 0 radical (unpaired) electrons.